The van der Waals surface area contributed by atoms with Crippen LogP contribution in [0, 0.1) is 0 Å². The molecule has 30 heavy (non-hydrogen) atoms. The zero-order chi connectivity index (χ0) is 20.9. The molecule has 0 spiro atoms. The lowest BCUT2D eigenvalue weighted by Gasteiger charge is -2.26. The highest BCUT2D eigenvalue weighted by Gasteiger charge is 2.27. The van der Waals surface area contributed by atoms with Crippen LogP contribution in [0.5, 0.6) is 0 Å². The average Bonchev–Trinajstić information content (AvgIpc) is 2.81. The third-order valence-electron chi connectivity index (χ3n) is 4.87. The first kappa shape index (κ1) is 19.2. The molecule has 0 atom stereocenters. The first-order valence-corrected chi connectivity index (χ1v) is 9.59. The van der Waals surface area contributed by atoms with Crippen molar-refractivity contribution in [2.75, 3.05) is 4.90 Å². The van der Waals surface area contributed by atoms with Crippen LogP contribution in [0.1, 0.15) is 0 Å². The fourth-order valence-corrected chi connectivity index (χ4v) is 3.52. The second-order valence-corrected chi connectivity index (χ2v) is 6.77. The molecule has 4 nitrogen and oxygen atoms in total. The maximum absolute atomic E-state index is 13.1. The molecule has 0 aliphatic heterocycles. The molecule has 0 aliphatic rings. The molecule has 4 rings (SSSR count). The number of benzene rings is 4. The van der Waals surface area contributed by atoms with Gasteiger partial charge in [-0.05, 0) is 23.3 Å². The lowest BCUT2D eigenvalue weighted by atomic mass is 9.99. The molecular formula is C26H20N2O2. The van der Waals surface area contributed by atoms with Crippen LogP contribution in [-0.2, 0) is 9.59 Å². The van der Waals surface area contributed by atoms with Gasteiger partial charge in [0.15, 0.2) is 0 Å². The molecule has 2 N–H and O–H groups in total. The number of amides is 2. The molecule has 0 saturated heterocycles. The molecule has 146 valence electrons. The second kappa shape index (κ2) is 8.45. The Bertz CT molecular complexity index is 1100. The summed E-state index contributed by atoms with van der Waals surface area (Å²) in [5.41, 5.74) is 10.2. The van der Waals surface area contributed by atoms with Gasteiger partial charge in [-0.3, -0.25) is 14.5 Å². The molecule has 0 radical (unpaired) electrons. The summed E-state index contributed by atoms with van der Waals surface area (Å²) >= 11 is 0. The number of rotatable bonds is 4. The highest BCUT2D eigenvalue weighted by molar-refractivity contribution is 6.42. The Morgan fingerprint density at radius 2 is 0.900 bits per heavy atom. The minimum Gasteiger partial charge on any atom is -0.361 e. The largest absolute Gasteiger partial charge is 0.361 e. The maximum atomic E-state index is 13.1. The number of hydrogen-bond acceptors (Lipinski definition) is 2. The first-order valence-electron chi connectivity index (χ1n) is 9.59. The van der Waals surface area contributed by atoms with E-state index < -0.39 is 11.8 Å². The number of anilines is 2. The summed E-state index contributed by atoms with van der Waals surface area (Å²) < 4.78 is 0. The van der Waals surface area contributed by atoms with Gasteiger partial charge in [0, 0.05) is 11.1 Å². The first-order chi connectivity index (χ1) is 14.7. The second-order valence-electron chi connectivity index (χ2n) is 6.77. The normalized spacial score (nSPS) is 10.4. The van der Waals surface area contributed by atoms with Gasteiger partial charge in [-0.15, -0.1) is 0 Å². The Hall–Kier alpha value is -4.18. The maximum Gasteiger partial charge on any atom is 0.320 e. The minimum atomic E-state index is -1.01. The average molecular weight is 392 g/mol. The summed E-state index contributed by atoms with van der Waals surface area (Å²) in [6.45, 7) is 0. The third-order valence-corrected chi connectivity index (χ3v) is 4.87. The zero-order valence-corrected chi connectivity index (χ0v) is 16.2. The monoisotopic (exact) mass is 392 g/mol. The number of carbonyl (C=O) groups is 2. The molecule has 4 heteroatoms. The van der Waals surface area contributed by atoms with Crippen molar-refractivity contribution >= 4 is 23.2 Å². The molecular weight excluding hydrogens is 372 g/mol. The Labute approximate surface area is 175 Å². The molecule has 4 aromatic carbocycles. The summed E-state index contributed by atoms with van der Waals surface area (Å²) in [6, 6.07) is 34.5. The lowest BCUT2D eigenvalue weighted by molar-refractivity contribution is -0.135. The van der Waals surface area contributed by atoms with E-state index in [2.05, 4.69) is 0 Å². The van der Waals surface area contributed by atoms with Gasteiger partial charge < -0.3 is 5.73 Å². The number of hydrogen-bond donors (Lipinski definition) is 1. The Morgan fingerprint density at radius 1 is 0.533 bits per heavy atom. The molecule has 4 aromatic rings. The van der Waals surface area contributed by atoms with E-state index in [0.717, 1.165) is 22.3 Å². The van der Waals surface area contributed by atoms with Gasteiger partial charge in [-0.1, -0.05) is 97.1 Å². The van der Waals surface area contributed by atoms with E-state index in [4.69, 9.17) is 5.73 Å². The molecule has 2 amide bonds. The summed E-state index contributed by atoms with van der Waals surface area (Å²) in [5.74, 6) is -1.80. The standard InChI is InChI=1S/C26H20N2O2/c27-25(29)26(30)28(23-17-9-7-15-21(23)19-11-3-1-4-12-19)24-18-10-8-16-22(24)20-13-5-2-6-14-20/h1-18H,(H2,27,29). The Balaban J connectivity index is 1.96. The zero-order valence-electron chi connectivity index (χ0n) is 16.2. The van der Waals surface area contributed by atoms with Crippen LogP contribution in [0.15, 0.2) is 109 Å². The van der Waals surface area contributed by atoms with Crippen LogP contribution < -0.4 is 10.6 Å². The summed E-state index contributed by atoms with van der Waals surface area (Å²) in [6.07, 6.45) is 0. The fourth-order valence-electron chi connectivity index (χ4n) is 3.52. The highest BCUT2D eigenvalue weighted by Crippen LogP contribution is 2.39. The van der Waals surface area contributed by atoms with Gasteiger partial charge in [0.1, 0.15) is 0 Å². The third kappa shape index (κ3) is 3.71. The van der Waals surface area contributed by atoms with E-state index in [9.17, 15) is 9.59 Å². The van der Waals surface area contributed by atoms with Crippen LogP contribution in [-0.4, -0.2) is 11.8 Å². The van der Waals surface area contributed by atoms with E-state index in [-0.39, 0.29) is 0 Å². The molecule has 0 unspecified atom stereocenters. The molecule has 0 aromatic heterocycles. The minimum absolute atomic E-state index is 0.593. The van der Waals surface area contributed by atoms with Crippen molar-refractivity contribution < 1.29 is 9.59 Å². The van der Waals surface area contributed by atoms with Crippen molar-refractivity contribution in [2.24, 2.45) is 5.73 Å². The number of para-hydroxylation sites is 2. The summed E-state index contributed by atoms with van der Waals surface area (Å²) in [4.78, 5) is 26.5. The van der Waals surface area contributed by atoms with E-state index in [1.807, 2.05) is 109 Å². The fraction of sp³-hybridized carbons (Fsp3) is 0. The van der Waals surface area contributed by atoms with Crippen LogP contribution in [0.2, 0.25) is 0 Å². The molecule has 0 heterocycles. The van der Waals surface area contributed by atoms with E-state index in [1.165, 1.54) is 4.90 Å². The number of nitrogens with two attached hydrogens (primary N) is 1. The van der Waals surface area contributed by atoms with Crippen molar-refractivity contribution in [1.82, 2.24) is 0 Å². The SMILES string of the molecule is NC(=O)C(=O)N(c1ccccc1-c1ccccc1)c1ccccc1-c1ccccc1. The highest BCUT2D eigenvalue weighted by atomic mass is 16.2. The topological polar surface area (TPSA) is 63.4 Å². The van der Waals surface area contributed by atoms with E-state index in [0.29, 0.717) is 11.4 Å². The van der Waals surface area contributed by atoms with Gasteiger partial charge in [-0.2, -0.15) is 0 Å². The van der Waals surface area contributed by atoms with Gasteiger partial charge in [-0.25, -0.2) is 0 Å². The molecule has 0 fully saturated rings. The number of primary amides is 1. The molecule has 0 saturated carbocycles. The Morgan fingerprint density at radius 3 is 1.30 bits per heavy atom. The van der Waals surface area contributed by atoms with Crippen molar-refractivity contribution in [3.63, 3.8) is 0 Å². The summed E-state index contributed by atoms with van der Waals surface area (Å²) in [7, 11) is 0. The smallest absolute Gasteiger partial charge is 0.320 e. The summed E-state index contributed by atoms with van der Waals surface area (Å²) in [5, 5.41) is 0. The van der Waals surface area contributed by atoms with Gasteiger partial charge in [0.2, 0.25) is 0 Å². The molecule has 0 aliphatic carbocycles. The van der Waals surface area contributed by atoms with Crippen LogP contribution in [0.25, 0.3) is 22.3 Å². The van der Waals surface area contributed by atoms with Crippen LogP contribution >= 0.6 is 0 Å². The van der Waals surface area contributed by atoms with Crippen LogP contribution in [0.4, 0.5) is 11.4 Å². The molecule has 0 bridgehead atoms. The van der Waals surface area contributed by atoms with Crippen molar-refractivity contribution in [3.05, 3.63) is 109 Å². The van der Waals surface area contributed by atoms with Crippen molar-refractivity contribution in [1.29, 1.82) is 0 Å². The van der Waals surface area contributed by atoms with Crippen LogP contribution in [0.3, 0.4) is 0 Å². The van der Waals surface area contributed by atoms with Gasteiger partial charge in [0.25, 0.3) is 0 Å². The van der Waals surface area contributed by atoms with E-state index in [1.54, 1.807) is 0 Å². The number of nitrogens with zero attached hydrogens (tertiary/aromatic N) is 1. The van der Waals surface area contributed by atoms with Gasteiger partial charge >= 0.3 is 11.8 Å². The number of carbonyl (C=O) groups excluding carboxylic acids is 2. The quantitative estimate of drug-likeness (QED) is 0.487. The van der Waals surface area contributed by atoms with Crippen molar-refractivity contribution in [2.45, 2.75) is 0 Å². The lowest BCUT2D eigenvalue weighted by Crippen LogP contribution is -2.37. The van der Waals surface area contributed by atoms with Gasteiger partial charge in [0.05, 0.1) is 11.4 Å². The van der Waals surface area contributed by atoms with Crippen molar-refractivity contribution in [3.8, 4) is 22.3 Å². The Kier molecular flexibility index (Phi) is 5.39. The predicted molar refractivity (Wildman–Crippen MR) is 120 cm³/mol. The van der Waals surface area contributed by atoms with E-state index >= 15 is 0 Å². The predicted octanol–water partition coefficient (Wildman–Crippen LogP) is 5.17.